The molecule has 172 valence electrons. The number of para-hydroxylation sites is 1. The average molecular weight is 491 g/mol. The molecule has 0 amide bonds. The van der Waals surface area contributed by atoms with Crippen molar-refractivity contribution >= 4 is 27.3 Å². The van der Waals surface area contributed by atoms with Crippen LogP contribution >= 0.6 is 11.6 Å². The Morgan fingerprint density at radius 2 is 1.47 bits per heavy atom. The molecule has 1 aliphatic rings. The highest BCUT2D eigenvalue weighted by atomic mass is 35.5. The quantitative estimate of drug-likeness (QED) is 0.348. The number of ether oxygens (including phenoxy) is 1. The lowest BCUT2D eigenvalue weighted by molar-refractivity contribution is 0.305. The topological polar surface area (TPSA) is 58.6 Å². The van der Waals surface area contributed by atoms with E-state index >= 15 is 0 Å². The molecule has 0 fully saturated rings. The molecule has 1 heterocycles. The van der Waals surface area contributed by atoms with Crippen molar-refractivity contribution in [2.45, 2.75) is 24.2 Å². The van der Waals surface area contributed by atoms with E-state index in [0.717, 1.165) is 16.7 Å². The number of sulfonamides is 1. The fourth-order valence-electron chi connectivity index (χ4n) is 3.98. The maximum Gasteiger partial charge on any atom is 0.247 e. The molecule has 5 rings (SSSR count). The van der Waals surface area contributed by atoms with Crippen LogP contribution in [0.4, 0.5) is 5.69 Å². The van der Waals surface area contributed by atoms with Gasteiger partial charge in [0, 0.05) is 11.6 Å². The summed E-state index contributed by atoms with van der Waals surface area (Å²) in [6.45, 7) is 0.671. The zero-order chi connectivity index (χ0) is 23.5. The molecular formula is C27H23ClN2O3S. The molecule has 34 heavy (non-hydrogen) atoms. The number of benzene rings is 4. The summed E-state index contributed by atoms with van der Waals surface area (Å²) in [7, 11) is -3.71. The summed E-state index contributed by atoms with van der Waals surface area (Å²) in [6, 6.07) is 31.6. The van der Waals surface area contributed by atoms with Crippen LogP contribution in [0.15, 0.2) is 108 Å². The molecule has 1 atom stereocenters. The third-order valence-electron chi connectivity index (χ3n) is 5.75. The van der Waals surface area contributed by atoms with Gasteiger partial charge in [-0.3, -0.25) is 0 Å². The maximum absolute atomic E-state index is 13.6. The van der Waals surface area contributed by atoms with Gasteiger partial charge in [0.05, 0.1) is 5.69 Å². The zero-order valence-corrected chi connectivity index (χ0v) is 19.8. The van der Waals surface area contributed by atoms with Gasteiger partial charge < -0.3 is 10.1 Å². The number of anilines is 1. The number of nitrogens with one attached hydrogen (secondary N) is 1. The molecule has 0 bridgehead atoms. The van der Waals surface area contributed by atoms with E-state index in [1.807, 2.05) is 84.9 Å². The highest BCUT2D eigenvalue weighted by molar-refractivity contribution is 7.89. The monoisotopic (exact) mass is 490 g/mol. The molecule has 1 N–H and O–H groups in total. The molecule has 0 aromatic heterocycles. The van der Waals surface area contributed by atoms with Gasteiger partial charge in [-0.25, -0.2) is 8.42 Å². The van der Waals surface area contributed by atoms with Gasteiger partial charge in [-0.05, 0) is 53.1 Å². The van der Waals surface area contributed by atoms with Crippen LogP contribution in [0.2, 0.25) is 5.02 Å². The first kappa shape index (κ1) is 22.5. The van der Waals surface area contributed by atoms with E-state index in [1.54, 1.807) is 18.2 Å². The SMILES string of the molecule is O=S1(=O)c2ccccc2N[C@@H](c2ccc(OCc3ccc(Cl)cc3)cc2)N1Cc1ccccc1. The van der Waals surface area contributed by atoms with Crippen molar-refractivity contribution in [1.29, 1.82) is 0 Å². The van der Waals surface area contributed by atoms with Crippen molar-refractivity contribution in [3.8, 4) is 5.75 Å². The van der Waals surface area contributed by atoms with Gasteiger partial charge in [0.15, 0.2) is 0 Å². The zero-order valence-electron chi connectivity index (χ0n) is 18.3. The molecule has 1 aliphatic heterocycles. The predicted molar refractivity (Wildman–Crippen MR) is 134 cm³/mol. The van der Waals surface area contributed by atoms with Crippen LogP contribution in [-0.2, 0) is 23.2 Å². The minimum absolute atomic E-state index is 0.254. The van der Waals surface area contributed by atoms with Crippen LogP contribution < -0.4 is 10.1 Å². The van der Waals surface area contributed by atoms with Gasteiger partial charge in [-0.15, -0.1) is 0 Å². The van der Waals surface area contributed by atoms with E-state index in [1.165, 1.54) is 4.31 Å². The Morgan fingerprint density at radius 1 is 0.794 bits per heavy atom. The Morgan fingerprint density at radius 3 is 2.21 bits per heavy atom. The van der Waals surface area contributed by atoms with Crippen molar-refractivity contribution in [1.82, 2.24) is 4.31 Å². The Kier molecular flexibility index (Phi) is 6.28. The minimum atomic E-state index is -3.71. The first-order valence-corrected chi connectivity index (χ1v) is 12.7. The van der Waals surface area contributed by atoms with Gasteiger partial charge in [-0.2, -0.15) is 4.31 Å². The fourth-order valence-corrected chi connectivity index (χ4v) is 5.78. The second-order valence-electron chi connectivity index (χ2n) is 8.06. The lowest BCUT2D eigenvalue weighted by Crippen LogP contribution is -2.42. The number of hydrogen-bond acceptors (Lipinski definition) is 4. The van der Waals surface area contributed by atoms with E-state index in [2.05, 4.69) is 5.32 Å². The molecule has 7 heteroatoms. The average Bonchev–Trinajstić information content (AvgIpc) is 2.86. The maximum atomic E-state index is 13.6. The summed E-state index contributed by atoms with van der Waals surface area (Å²) in [5.41, 5.74) is 3.35. The first-order chi connectivity index (χ1) is 16.5. The largest absolute Gasteiger partial charge is 0.489 e. The number of rotatable bonds is 6. The van der Waals surface area contributed by atoms with E-state index in [0.29, 0.717) is 23.1 Å². The van der Waals surface area contributed by atoms with Crippen LogP contribution in [-0.4, -0.2) is 12.7 Å². The van der Waals surface area contributed by atoms with Gasteiger partial charge in [0.2, 0.25) is 10.0 Å². The molecule has 0 spiro atoms. The second kappa shape index (κ2) is 9.50. The molecule has 4 aromatic rings. The third-order valence-corrected chi connectivity index (χ3v) is 7.87. The first-order valence-electron chi connectivity index (χ1n) is 10.9. The number of hydrogen-bond donors (Lipinski definition) is 1. The van der Waals surface area contributed by atoms with Crippen molar-refractivity contribution in [3.05, 3.63) is 125 Å². The Bertz CT molecular complexity index is 1380. The summed E-state index contributed by atoms with van der Waals surface area (Å²) in [5.74, 6) is 0.701. The highest BCUT2D eigenvalue weighted by Crippen LogP contribution is 2.39. The Labute approximate surface area is 204 Å². The Hall–Kier alpha value is -3.32. The van der Waals surface area contributed by atoms with Crippen LogP contribution in [0.3, 0.4) is 0 Å². The third kappa shape index (κ3) is 4.66. The summed E-state index contributed by atoms with van der Waals surface area (Å²) in [6.07, 6.45) is -0.551. The fraction of sp³-hybridized carbons (Fsp3) is 0.111. The Balaban J connectivity index is 1.42. The van der Waals surface area contributed by atoms with Gasteiger partial charge >= 0.3 is 0 Å². The summed E-state index contributed by atoms with van der Waals surface area (Å²) in [5, 5.41) is 4.10. The van der Waals surface area contributed by atoms with Crippen LogP contribution in [0.1, 0.15) is 22.9 Å². The minimum Gasteiger partial charge on any atom is -0.489 e. The summed E-state index contributed by atoms with van der Waals surface area (Å²) >= 11 is 5.94. The van der Waals surface area contributed by atoms with Crippen LogP contribution in [0.5, 0.6) is 5.75 Å². The molecule has 5 nitrogen and oxygen atoms in total. The molecule has 0 radical (unpaired) electrons. The van der Waals surface area contributed by atoms with E-state index in [-0.39, 0.29) is 11.4 Å². The second-order valence-corrected chi connectivity index (χ2v) is 10.4. The van der Waals surface area contributed by atoms with E-state index in [4.69, 9.17) is 16.3 Å². The standard InChI is InChI=1S/C27H23ClN2O3S/c28-23-14-10-21(11-15-23)19-33-24-16-12-22(13-17-24)27-29-25-8-4-5-9-26(25)34(31,32)30(27)18-20-6-2-1-3-7-20/h1-17,27,29H,18-19H2/t27-/m1/s1. The molecule has 4 aromatic carbocycles. The predicted octanol–water partition coefficient (Wildman–Crippen LogP) is 6.23. The lowest BCUT2D eigenvalue weighted by atomic mass is 10.1. The van der Waals surface area contributed by atoms with Crippen molar-refractivity contribution in [2.24, 2.45) is 0 Å². The summed E-state index contributed by atoms with van der Waals surface area (Å²) in [4.78, 5) is 0.282. The van der Waals surface area contributed by atoms with E-state index in [9.17, 15) is 8.42 Å². The summed E-state index contributed by atoms with van der Waals surface area (Å²) < 4.78 is 34.6. The van der Waals surface area contributed by atoms with Gasteiger partial charge in [-0.1, -0.05) is 78.3 Å². The number of halogens is 1. The smallest absolute Gasteiger partial charge is 0.247 e. The van der Waals surface area contributed by atoms with Crippen molar-refractivity contribution in [2.75, 3.05) is 5.32 Å². The normalized spacial score (nSPS) is 16.9. The highest BCUT2D eigenvalue weighted by Gasteiger charge is 2.38. The van der Waals surface area contributed by atoms with Gasteiger partial charge in [0.1, 0.15) is 23.4 Å². The van der Waals surface area contributed by atoms with Gasteiger partial charge in [0.25, 0.3) is 0 Å². The molecule has 0 saturated carbocycles. The van der Waals surface area contributed by atoms with Crippen LogP contribution in [0.25, 0.3) is 0 Å². The molecule has 0 aliphatic carbocycles. The van der Waals surface area contributed by atoms with Crippen molar-refractivity contribution < 1.29 is 13.2 Å². The van der Waals surface area contributed by atoms with E-state index < -0.39 is 16.2 Å². The molecule has 0 unspecified atom stereocenters. The molecular weight excluding hydrogens is 468 g/mol. The lowest BCUT2D eigenvalue weighted by Gasteiger charge is -2.37. The molecule has 0 saturated heterocycles. The van der Waals surface area contributed by atoms with Crippen LogP contribution in [0, 0.1) is 0 Å². The number of fused-ring (bicyclic) bond motifs is 1. The van der Waals surface area contributed by atoms with Crippen molar-refractivity contribution in [3.63, 3.8) is 0 Å². The number of nitrogens with zero attached hydrogens (tertiary/aromatic N) is 1.